The number of hydrogen-bond donors (Lipinski definition) is 1. The fraction of sp³-hybridized carbons (Fsp3) is 0.588. The van der Waals surface area contributed by atoms with Crippen molar-refractivity contribution in [1.82, 2.24) is 5.06 Å². The molecule has 1 aromatic rings. The van der Waals surface area contributed by atoms with Crippen LogP contribution in [-0.4, -0.2) is 37.0 Å². The van der Waals surface area contributed by atoms with Gasteiger partial charge in [0.1, 0.15) is 0 Å². The Hall–Kier alpha value is -1.43. The molecule has 0 atom stereocenters. The molecular formula is C17H26N2O3. The third-order valence-corrected chi connectivity index (χ3v) is 4.43. The van der Waals surface area contributed by atoms with Crippen LogP contribution in [0.15, 0.2) is 12.1 Å². The van der Waals surface area contributed by atoms with Crippen molar-refractivity contribution in [2.75, 3.05) is 20.2 Å². The highest BCUT2D eigenvalue weighted by Crippen LogP contribution is 2.23. The largest absolute Gasteiger partial charge is 0.444 e. The molecule has 0 amide bonds. The molecule has 0 spiro atoms. The maximum atomic E-state index is 12.2. The molecule has 2 N–H and O–H groups in total. The van der Waals surface area contributed by atoms with E-state index in [-0.39, 0.29) is 12.4 Å². The Morgan fingerprint density at radius 3 is 2.36 bits per heavy atom. The van der Waals surface area contributed by atoms with Crippen LogP contribution >= 0.6 is 0 Å². The molecule has 5 nitrogen and oxygen atoms in total. The van der Waals surface area contributed by atoms with Crippen molar-refractivity contribution in [3.05, 3.63) is 34.4 Å². The van der Waals surface area contributed by atoms with Crippen LogP contribution in [0.4, 0.5) is 0 Å². The SMILES string of the molecule is CON1CCC(N)(OC(=O)Cc2cc(C)c(C)cc2C)CC1. The van der Waals surface area contributed by atoms with Crippen LogP contribution in [0.1, 0.15) is 35.1 Å². The van der Waals surface area contributed by atoms with Gasteiger partial charge in [-0.3, -0.25) is 10.5 Å². The summed E-state index contributed by atoms with van der Waals surface area (Å²) in [6, 6.07) is 4.16. The second-order valence-electron chi connectivity index (χ2n) is 6.19. The van der Waals surface area contributed by atoms with Gasteiger partial charge in [0.05, 0.1) is 13.5 Å². The summed E-state index contributed by atoms with van der Waals surface area (Å²) in [5.41, 5.74) is 9.86. The first-order valence-corrected chi connectivity index (χ1v) is 7.69. The minimum atomic E-state index is -0.875. The molecule has 1 fully saturated rings. The molecule has 1 saturated heterocycles. The Bertz CT molecular complexity index is 549. The Balaban J connectivity index is 1.97. The van der Waals surface area contributed by atoms with Crippen molar-refractivity contribution in [3.63, 3.8) is 0 Å². The van der Waals surface area contributed by atoms with Gasteiger partial charge < -0.3 is 9.57 Å². The lowest BCUT2D eigenvalue weighted by Crippen LogP contribution is -2.53. The second kappa shape index (κ2) is 6.77. The molecule has 22 heavy (non-hydrogen) atoms. The smallest absolute Gasteiger partial charge is 0.312 e. The lowest BCUT2D eigenvalue weighted by molar-refractivity contribution is -0.191. The standard InChI is InChI=1S/C17H26N2O3/c1-12-9-14(3)15(10-13(12)2)11-16(20)22-17(18)5-7-19(21-4)8-6-17/h9-10H,5-8,11,18H2,1-4H3. The summed E-state index contributed by atoms with van der Waals surface area (Å²) < 4.78 is 5.56. The van der Waals surface area contributed by atoms with E-state index in [0.717, 1.165) is 11.1 Å². The van der Waals surface area contributed by atoms with Gasteiger partial charge in [-0.05, 0) is 43.0 Å². The summed E-state index contributed by atoms with van der Waals surface area (Å²) >= 11 is 0. The summed E-state index contributed by atoms with van der Waals surface area (Å²) in [4.78, 5) is 17.4. The molecule has 0 radical (unpaired) electrons. The monoisotopic (exact) mass is 306 g/mol. The first-order valence-electron chi connectivity index (χ1n) is 7.69. The zero-order chi connectivity index (χ0) is 16.3. The number of rotatable bonds is 4. The highest BCUT2D eigenvalue weighted by Gasteiger charge is 2.34. The van der Waals surface area contributed by atoms with Crippen LogP contribution < -0.4 is 5.73 Å². The maximum absolute atomic E-state index is 12.2. The molecule has 1 heterocycles. The number of ether oxygens (including phenoxy) is 1. The van der Waals surface area contributed by atoms with Crippen molar-refractivity contribution >= 4 is 5.97 Å². The van der Waals surface area contributed by atoms with E-state index in [0.29, 0.717) is 25.9 Å². The Morgan fingerprint density at radius 2 is 1.77 bits per heavy atom. The van der Waals surface area contributed by atoms with Gasteiger partial charge in [0.15, 0.2) is 5.72 Å². The van der Waals surface area contributed by atoms with Gasteiger partial charge in [-0.25, -0.2) is 0 Å². The van der Waals surface area contributed by atoms with Crippen molar-refractivity contribution in [2.24, 2.45) is 5.73 Å². The molecule has 0 saturated carbocycles. The van der Waals surface area contributed by atoms with Crippen molar-refractivity contribution in [2.45, 2.75) is 45.8 Å². The average molecular weight is 306 g/mol. The Kier molecular flexibility index (Phi) is 5.21. The number of carbonyl (C=O) groups is 1. The number of piperidine rings is 1. The molecule has 0 bridgehead atoms. The van der Waals surface area contributed by atoms with E-state index in [9.17, 15) is 4.79 Å². The fourth-order valence-corrected chi connectivity index (χ4v) is 2.78. The number of hydrogen-bond acceptors (Lipinski definition) is 5. The number of hydroxylamine groups is 2. The number of nitrogens with two attached hydrogens (primary N) is 1. The first-order chi connectivity index (χ1) is 10.3. The van der Waals surface area contributed by atoms with Crippen molar-refractivity contribution in [3.8, 4) is 0 Å². The van der Waals surface area contributed by atoms with Gasteiger partial charge in [0.25, 0.3) is 0 Å². The minimum Gasteiger partial charge on any atom is -0.444 e. The molecule has 1 aliphatic rings. The second-order valence-corrected chi connectivity index (χ2v) is 6.19. The minimum absolute atomic E-state index is 0.264. The fourth-order valence-electron chi connectivity index (χ4n) is 2.78. The molecule has 2 rings (SSSR count). The maximum Gasteiger partial charge on any atom is 0.312 e. The lowest BCUT2D eigenvalue weighted by atomic mass is 9.98. The topological polar surface area (TPSA) is 64.8 Å². The number of esters is 1. The van der Waals surface area contributed by atoms with Gasteiger partial charge in [-0.15, -0.1) is 0 Å². The normalized spacial score (nSPS) is 18.2. The zero-order valence-electron chi connectivity index (χ0n) is 13.9. The van der Waals surface area contributed by atoms with Gasteiger partial charge in [-0.2, -0.15) is 5.06 Å². The van der Waals surface area contributed by atoms with Crippen LogP contribution in [0.25, 0.3) is 0 Å². The van der Waals surface area contributed by atoms with Gasteiger partial charge in [0, 0.05) is 25.9 Å². The third kappa shape index (κ3) is 4.06. The zero-order valence-corrected chi connectivity index (χ0v) is 13.9. The highest BCUT2D eigenvalue weighted by molar-refractivity contribution is 5.73. The molecule has 0 aliphatic carbocycles. The summed E-state index contributed by atoms with van der Waals surface area (Å²) in [5.74, 6) is -0.264. The lowest BCUT2D eigenvalue weighted by Gasteiger charge is -2.37. The average Bonchev–Trinajstić information content (AvgIpc) is 2.45. The molecular weight excluding hydrogens is 280 g/mol. The molecule has 5 heteroatoms. The van der Waals surface area contributed by atoms with Gasteiger partial charge in [0.2, 0.25) is 0 Å². The summed E-state index contributed by atoms with van der Waals surface area (Å²) in [6.45, 7) is 7.48. The number of carbonyl (C=O) groups excluding carboxylic acids is 1. The molecule has 0 unspecified atom stereocenters. The van der Waals surface area contributed by atoms with E-state index in [1.54, 1.807) is 7.11 Å². The van der Waals surface area contributed by atoms with E-state index in [1.165, 1.54) is 11.1 Å². The quantitative estimate of drug-likeness (QED) is 0.681. The third-order valence-electron chi connectivity index (χ3n) is 4.43. The van der Waals surface area contributed by atoms with Crippen LogP contribution in [0.3, 0.4) is 0 Å². The van der Waals surface area contributed by atoms with Crippen LogP contribution in [0, 0.1) is 20.8 Å². The van der Waals surface area contributed by atoms with Gasteiger partial charge >= 0.3 is 5.97 Å². The van der Waals surface area contributed by atoms with E-state index < -0.39 is 5.72 Å². The number of nitrogens with zero attached hydrogens (tertiary/aromatic N) is 1. The number of aryl methyl sites for hydroxylation is 3. The highest BCUT2D eigenvalue weighted by atomic mass is 16.7. The Morgan fingerprint density at radius 1 is 1.18 bits per heavy atom. The predicted molar refractivity (Wildman–Crippen MR) is 85.2 cm³/mol. The van der Waals surface area contributed by atoms with Crippen LogP contribution in [0.2, 0.25) is 0 Å². The van der Waals surface area contributed by atoms with E-state index in [4.69, 9.17) is 15.3 Å². The van der Waals surface area contributed by atoms with Crippen molar-refractivity contribution in [1.29, 1.82) is 0 Å². The van der Waals surface area contributed by atoms with E-state index in [2.05, 4.69) is 26.0 Å². The number of benzene rings is 1. The molecule has 0 aromatic heterocycles. The molecule has 122 valence electrons. The first kappa shape index (κ1) is 16.9. The predicted octanol–water partition coefficient (Wildman–Crippen LogP) is 2.01. The van der Waals surface area contributed by atoms with Gasteiger partial charge in [-0.1, -0.05) is 12.1 Å². The molecule has 1 aromatic carbocycles. The summed E-state index contributed by atoms with van der Waals surface area (Å²) in [5, 5.41) is 1.83. The van der Waals surface area contributed by atoms with Crippen molar-refractivity contribution < 1.29 is 14.4 Å². The van der Waals surface area contributed by atoms with Crippen LogP contribution in [-0.2, 0) is 20.8 Å². The Labute approximate surface area is 132 Å². The summed E-state index contributed by atoms with van der Waals surface area (Å²) in [6.07, 6.45) is 1.43. The van der Waals surface area contributed by atoms with E-state index in [1.807, 2.05) is 12.0 Å². The molecule has 1 aliphatic heterocycles. The summed E-state index contributed by atoms with van der Waals surface area (Å²) in [7, 11) is 1.64. The van der Waals surface area contributed by atoms with Crippen LogP contribution in [0.5, 0.6) is 0 Å². The van der Waals surface area contributed by atoms with E-state index >= 15 is 0 Å².